The summed E-state index contributed by atoms with van der Waals surface area (Å²) in [6.07, 6.45) is 0.853. The van der Waals surface area contributed by atoms with Crippen LogP contribution in [0.2, 0.25) is 0 Å². The Morgan fingerprint density at radius 2 is 1.76 bits per heavy atom. The molecule has 2 aromatic carbocycles. The largest absolute Gasteiger partial charge is 0.466 e. The lowest BCUT2D eigenvalue weighted by Gasteiger charge is -2.34. The molecule has 1 aliphatic heterocycles. The van der Waals surface area contributed by atoms with Gasteiger partial charge in [-0.25, -0.2) is 9.59 Å². The highest BCUT2D eigenvalue weighted by Gasteiger charge is 2.41. The van der Waals surface area contributed by atoms with Crippen LogP contribution < -0.4 is 10.1 Å². The summed E-state index contributed by atoms with van der Waals surface area (Å²) in [6.45, 7) is 7.57. The minimum absolute atomic E-state index is 0.0397. The molecule has 1 N–H and O–H groups in total. The number of methoxy groups -OCH3 is 1. The average molecular weight is 528 g/mol. The Kier molecular flexibility index (Phi) is 8.60. The van der Waals surface area contributed by atoms with Gasteiger partial charge in [0.2, 0.25) is 5.60 Å². The van der Waals surface area contributed by atoms with E-state index < -0.39 is 39.8 Å². The van der Waals surface area contributed by atoms with E-state index >= 15 is 0 Å². The van der Waals surface area contributed by atoms with Crippen molar-refractivity contribution in [3.8, 4) is 5.75 Å². The zero-order valence-corrected chi connectivity index (χ0v) is 22.2. The topological polar surface area (TPSA) is 137 Å². The molecule has 38 heavy (non-hydrogen) atoms. The molecule has 0 saturated carbocycles. The van der Waals surface area contributed by atoms with Gasteiger partial charge in [0.1, 0.15) is 5.60 Å². The molecule has 204 valence electrons. The second-order valence-electron chi connectivity index (χ2n) is 10.2. The molecule has 0 aromatic heterocycles. The number of nitrogens with one attached hydrogen (secondary N) is 1. The third-order valence-corrected chi connectivity index (χ3v) is 6.04. The number of hydrogen-bond acceptors (Lipinski definition) is 8. The number of nitro groups is 1. The number of likely N-dealkylation sites (tertiary alicyclic amines) is 1. The predicted octanol–water partition coefficient (Wildman–Crippen LogP) is 4.19. The Morgan fingerprint density at radius 3 is 2.37 bits per heavy atom. The lowest BCUT2D eigenvalue weighted by Crippen LogP contribution is -2.50. The van der Waals surface area contributed by atoms with Crippen molar-refractivity contribution in [2.75, 3.05) is 20.2 Å². The van der Waals surface area contributed by atoms with Crippen molar-refractivity contribution in [2.45, 2.75) is 57.8 Å². The highest BCUT2D eigenvalue weighted by molar-refractivity contribution is 5.95. The minimum atomic E-state index is -1.67. The van der Waals surface area contributed by atoms with Crippen LogP contribution in [0, 0.1) is 10.1 Å². The number of benzene rings is 2. The Morgan fingerprint density at radius 1 is 1.08 bits per heavy atom. The number of hydrogen-bond donors (Lipinski definition) is 1. The summed E-state index contributed by atoms with van der Waals surface area (Å²) in [4.78, 5) is 50.8. The molecular formula is C27H33N3O8. The molecule has 3 rings (SSSR count). The van der Waals surface area contributed by atoms with E-state index in [4.69, 9.17) is 14.2 Å². The zero-order valence-electron chi connectivity index (χ0n) is 22.2. The van der Waals surface area contributed by atoms with Crippen molar-refractivity contribution in [3.63, 3.8) is 0 Å². The van der Waals surface area contributed by atoms with Gasteiger partial charge in [0.25, 0.3) is 5.91 Å². The number of carbonyl (C=O) groups is 3. The molecule has 0 spiro atoms. The number of nitrogens with zero attached hydrogens (tertiary/aromatic N) is 2. The quantitative estimate of drug-likeness (QED) is 0.321. The van der Waals surface area contributed by atoms with Crippen LogP contribution in [0.3, 0.4) is 0 Å². The molecule has 2 aromatic rings. The van der Waals surface area contributed by atoms with Crippen LogP contribution in [-0.4, -0.2) is 59.6 Å². The van der Waals surface area contributed by atoms with Gasteiger partial charge in [0, 0.05) is 36.3 Å². The van der Waals surface area contributed by atoms with Crippen molar-refractivity contribution in [1.29, 1.82) is 0 Å². The van der Waals surface area contributed by atoms with Crippen LogP contribution in [0.5, 0.6) is 5.75 Å². The molecule has 0 aliphatic carbocycles. The molecule has 2 atom stereocenters. The third-order valence-electron chi connectivity index (χ3n) is 6.04. The maximum atomic E-state index is 13.0. The van der Waals surface area contributed by atoms with Crippen molar-refractivity contribution in [1.82, 2.24) is 10.2 Å². The SMILES string of the molecule is COC(=O)[C@@](C)(Oc1ccc(C(=O)N[C@@H]2CCCN(C(=O)OC(C)(C)C)C2)cc1[N+](=O)[O-])c1ccccc1. The molecule has 1 aliphatic rings. The fourth-order valence-electron chi connectivity index (χ4n) is 4.13. The summed E-state index contributed by atoms with van der Waals surface area (Å²) in [6, 6.07) is 11.9. The molecule has 11 nitrogen and oxygen atoms in total. The molecule has 1 fully saturated rings. The van der Waals surface area contributed by atoms with Gasteiger partial charge in [0.05, 0.1) is 12.0 Å². The van der Waals surface area contributed by atoms with E-state index in [1.165, 1.54) is 31.1 Å². The van der Waals surface area contributed by atoms with E-state index in [0.717, 1.165) is 6.07 Å². The number of piperidine rings is 1. The van der Waals surface area contributed by atoms with E-state index in [2.05, 4.69) is 5.32 Å². The fraction of sp³-hybridized carbons (Fsp3) is 0.444. The second kappa shape index (κ2) is 11.5. The molecule has 0 bridgehead atoms. The molecule has 0 radical (unpaired) electrons. The number of amides is 2. The van der Waals surface area contributed by atoms with Crippen molar-refractivity contribution >= 4 is 23.7 Å². The summed E-state index contributed by atoms with van der Waals surface area (Å²) in [5, 5.41) is 14.7. The predicted molar refractivity (Wildman–Crippen MR) is 138 cm³/mol. The summed E-state index contributed by atoms with van der Waals surface area (Å²) in [7, 11) is 1.20. The molecule has 11 heteroatoms. The lowest BCUT2D eigenvalue weighted by atomic mass is 9.95. The van der Waals surface area contributed by atoms with Crippen molar-refractivity contribution < 1.29 is 33.5 Å². The standard InChI is InChI=1S/C27H33N3O8/c1-26(2,3)38-25(33)29-15-9-12-20(17-29)28-23(31)18-13-14-22(21(16-18)30(34)35)37-27(4,24(32)36-5)19-10-7-6-8-11-19/h6-8,10-11,13-14,16,20H,9,12,15,17H2,1-5H3,(H,28,31)/t20-,27+/m1/s1. The monoisotopic (exact) mass is 527 g/mol. The van der Waals surface area contributed by atoms with E-state index in [-0.39, 0.29) is 23.9 Å². The van der Waals surface area contributed by atoms with Crippen LogP contribution in [0.25, 0.3) is 0 Å². The van der Waals surface area contributed by atoms with Crippen molar-refractivity contribution in [3.05, 3.63) is 69.8 Å². The molecule has 2 amide bonds. The first-order chi connectivity index (χ1) is 17.8. The highest BCUT2D eigenvalue weighted by atomic mass is 16.6. The first-order valence-electron chi connectivity index (χ1n) is 12.2. The normalized spacial score (nSPS) is 17.1. The summed E-state index contributed by atoms with van der Waals surface area (Å²) >= 11 is 0. The van der Waals surface area contributed by atoms with E-state index in [1.807, 2.05) is 0 Å². The van der Waals surface area contributed by atoms with Crippen molar-refractivity contribution in [2.24, 2.45) is 0 Å². The first-order valence-corrected chi connectivity index (χ1v) is 12.2. The number of ether oxygens (including phenoxy) is 3. The maximum Gasteiger partial charge on any atom is 0.410 e. The van der Waals surface area contributed by atoms with E-state index in [0.29, 0.717) is 24.9 Å². The average Bonchev–Trinajstić information content (AvgIpc) is 2.87. The summed E-state index contributed by atoms with van der Waals surface area (Å²) in [5.74, 6) is -1.47. The van der Waals surface area contributed by atoms with Gasteiger partial charge in [-0.2, -0.15) is 0 Å². The van der Waals surface area contributed by atoms with Gasteiger partial charge in [-0.1, -0.05) is 30.3 Å². The number of rotatable bonds is 7. The van der Waals surface area contributed by atoms with Gasteiger partial charge in [0.15, 0.2) is 5.75 Å². The van der Waals surface area contributed by atoms with Crippen LogP contribution in [0.15, 0.2) is 48.5 Å². The van der Waals surface area contributed by atoms with Crippen LogP contribution in [0.1, 0.15) is 56.5 Å². The maximum absolute atomic E-state index is 13.0. The highest BCUT2D eigenvalue weighted by Crippen LogP contribution is 2.36. The number of carbonyl (C=O) groups excluding carboxylic acids is 3. The van der Waals surface area contributed by atoms with E-state index in [1.54, 1.807) is 51.1 Å². The molecule has 1 heterocycles. The number of nitro benzene ring substituents is 1. The first kappa shape index (κ1) is 28.4. The van der Waals surface area contributed by atoms with Gasteiger partial charge < -0.3 is 24.4 Å². The van der Waals surface area contributed by atoms with Crippen LogP contribution in [0.4, 0.5) is 10.5 Å². The summed E-state index contributed by atoms with van der Waals surface area (Å²) < 4.78 is 16.2. The fourth-order valence-corrected chi connectivity index (χ4v) is 4.13. The minimum Gasteiger partial charge on any atom is -0.466 e. The van der Waals surface area contributed by atoms with Gasteiger partial charge in [-0.3, -0.25) is 14.9 Å². The Bertz CT molecular complexity index is 1190. The second-order valence-corrected chi connectivity index (χ2v) is 10.2. The zero-order chi connectivity index (χ0) is 28.1. The molecule has 1 saturated heterocycles. The van der Waals surface area contributed by atoms with Gasteiger partial charge >= 0.3 is 17.7 Å². The Balaban J connectivity index is 1.80. The molecular weight excluding hydrogens is 494 g/mol. The van der Waals surface area contributed by atoms with Crippen LogP contribution in [-0.2, 0) is 19.9 Å². The smallest absolute Gasteiger partial charge is 0.410 e. The van der Waals surface area contributed by atoms with Gasteiger partial charge in [-0.05, 0) is 52.7 Å². The molecule has 0 unspecified atom stereocenters. The third kappa shape index (κ3) is 6.78. The summed E-state index contributed by atoms with van der Waals surface area (Å²) in [5.41, 5.74) is -2.31. The Labute approximate surface area is 221 Å². The lowest BCUT2D eigenvalue weighted by molar-refractivity contribution is -0.386. The van der Waals surface area contributed by atoms with E-state index in [9.17, 15) is 24.5 Å². The number of esters is 1. The van der Waals surface area contributed by atoms with Gasteiger partial charge in [-0.15, -0.1) is 0 Å². The van der Waals surface area contributed by atoms with Crippen LogP contribution >= 0.6 is 0 Å². The Hall–Kier alpha value is -4.15.